The third kappa shape index (κ3) is 5.22. The molecule has 0 aliphatic rings. The quantitative estimate of drug-likeness (QED) is 0.364. The van der Waals surface area contributed by atoms with Crippen molar-refractivity contribution in [2.24, 2.45) is 0 Å². The Bertz CT molecular complexity index is 1520. The lowest BCUT2D eigenvalue weighted by Gasteiger charge is -2.24. The Labute approximate surface area is 200 Å². The number of fused-ring (bicyclic) bond motifs is 1. The normalized spacial score (nSPS) is 13.8. The second kappa shape index (κ2) is 9.32. The first-order chi connectivity index (χ1) is 15.8. The SMILES string of the molecule is C/C(=C\C(=C/NO)c1cccc(-c2cc(C(C)(C)S(C)(=O)=O)cc3cccnc23)c1)S(C)(=O)=O. The van der Waals surface area contributed by atoms with Gasteiger partial charge in [-0.15, -0.1) is 0 Å². The molecule has 3 aromatic rings. The average molecular weight is 501 g/mol. The van der Waals surface area contributed by atoms with Crippen LogP contribution in [0.25, 0.3) is 27.6 Å². The lowest BCUT2D eigenvalue weighted by Crippen LogP contribution is -2.28. The van der Waals surface area contributed by atoms with Crippen LogP contribution in [0.5, 0.6) is 0 Å². The van der Waals surface area contributed by atoms with Crippen molar-refractivity contribution in [3.05, 3.63) is 83.0 Å². The highest BCUT2D eigenvalue weighted by Crippen LogP contribution is 2.37. The van der Waals surface area contributed by atoms with Crippen molar-refractivity contribution in [2.45, 2.75) is 25.5 Å². The number of hydrogen-bond donors (Lipinski definition) is 2. The van der Waals surface area contributed by atoms with Gasteiger partial charge in [0.2, 0.25) is 0 Å². The summed E-state index contributed by atoms with van der Waals surface area (Å²) < 4.78 is 47.8. The maximum Gasteiger partial charge on any atom is 0.171 e. The van der Waals surface area contributed by atoms with Crippen molar-refractivity contribution in [3.8, 4) is 11.1 Å². The van der Waals surface area contributed by atoms with Crippen molar-refractivity contribution < 1.29 is 22.0 Å². The number of nitrogens with one attached hydrogen (secondary N) is 1. The molecule has 3 rings (SSSR count). The van der Waals surface area contributed by atoms with Crippen LogP contribution in [0, 0.1) is 0 Å². The molecule has 0 amide bonds. The van der Waals surface area contributed by atoms with Crippen LogP contribution in [-0.4, -0.2) is 39.5 Å². The molecule has 0 bridgehead atoms. The molecule has 7 nitrogen and oxygen atoms in total. The molecule has 0 atom stereocenters. The number of aromatic nitrogens is 1. The van der Waals surface area contributed by atoms with Gasteiger partial charge in [0.1, 0.15) is 0 Å². The molecule has 0 saturated carbocycles. The minimum absolute atomic E-state index is 0.142. The van der Waals surface area contributed by atoms with E-state index in [1.165, 1.54) is 25.5 Å². The lowest BCUT2D eigenvalue weighted by molar-refractivity contribution is 0.215. The zero-order chi connectivity index (χ0) is 25.3. The predicted molar refractivity (Wildman–Crippen MR) is 137 cm³/mol. The molecule has 2 aromatic carbocycles. The number of allylic oxidation sites excluding steroid dienone is 3. The summed E-state index contributed by atoms with van der Waals surface area (Å²) in [6.45, 7) is 4.83. The first-order valence-electron chi connectivity index (χ1n) is 10.4. The Balaban J connectivity index is 2.27. The number of sulfone groups is 2. The summed E-state index contributed by atoms with van der Waals surface area (Å²) in [6.07, 6.45) is 6.78. The van der Waals surface area contributed by atoms with Crippen LogP contribution in [0.4, 0.5) is 0 Å². The van der Waals surface area contributed by atoms with E-state index in [0.717, 1.165) is 22.8 Å². The number of hydroxylamine groups is 1. The maximum atomic E-state index is 12.5. The molecule has 0 fully saturated rings. The molecule has 9 heteroatoms. The van der Waals surface area contributed by atoms with Gasteiger partial charge in [-0.1, -0.05) is 24.3 Å². The number of pyridine rings is 1. The van der Waals surface area contributed by atoms with Gasteiger partial charge in [-0.05, 0) is 67.8 Å². The molecule has 180 valence electrons. The molecule has 0 spiro atoms. The van der Waals surface area contributed by atoms with Crippen molar-refractivity contribution >= 4 is 36.2 Å². The van der Waals surface area contributed by atoms with Crippen molar-refractivity contribution in [1.29, 1.82) is 0 Å². The van der Waals surface area contributed by atoms with Gasteiger partial charge < -0.3 is 0 Å². The van der Waals surface area contributed by atoms with Crippen LogP contribution in [0.3, 0.4) is 0 Å². The van der Waals surface area contributed by atoms with Gasteiger partial charge in [0.05, 0.1) is 10.3 Å². The summed E-state index contributed by atoms with van der Waals surface area (Å²) in [7, 11) is -6.82. The van der Waals surface area contributed by atoms with E-state index in [4.69, 9.17) is 0 Å². The summed E-state index contributed by atoms with van der Waals surface area (Å²) in [6, 6.07) is 14.7. The first-order valence-corrected chi connectivity index (χ1v) is 14.2. The number of hydrogen-bond acceptors (Lipinski definition) is 7. The Morgan fingerprint density at radius 3 is 2.35 bits per heavy atom. The van der Waals surface area contributed by atoms with Crippen LogP contribution >= 0.6 is 0 Å². The van der Waals surface area contributed by atoms with Gasteiger partial charge in [-0.2, -0.15) is 0 Å². The fourth-order valence-corrected chi connectivity index (χ4v) is 4.33. The maximum absolute atomic E-state index is 12.5. The minimum Gasteiger partial charge on any atom is -0.292 e. The second-order valence-electron chi connectivity index (χ2n) is 8.72. The number of benzene rings is 2. The van der Waals surface area contributed by atoms with Crippen LogP contribution in [0.1, 0.15) is 31.9 Å². The largest absolute Gasteiger partial charge is 0.292 e. The smallest absolute Gasteiger partial charge is 0.171 e. The first kappa shape index (κ1) is 25.6. The van der Waals surface area contributed by atoms with E-state index in [0.29, 0.717) is 22.2 Å². The minimum atomic E-state index is -3.41. The van der Waals surface area contributed by atoms with E-state index in [1.54, 1.807) is 32.2 Å². The van der Waals surface area contributed by atoms with E-state index >= 15 is 0 Å². The molecule has 0 radical (unpaired) electrons. The zero-order valence-corrected chi connectivity index (χ0v) is 21.3. The standard InChI is InChI=1S/C25H28N2O5S2/c1-17(33(4,29)30)12-21(16-27-28)18-8-6-9-19(13-18)23-15-22(25(2,3)34(5,31)32)14-20-10-7-11-26-24(20)23/h6-16,27-28H,1-5H3/b17-12+,21-16+. The fourth-order valence-electron chi connectivity index (χ4n) is 3.44. The second-order valence-corrected chi connectivity index (χ2v) is 13.5. The Hall–Kier alpha value is -3.01. The molecule has 34 heavy (non-hydrogen) atoms. The lowest BCUT2D eigenvalue weighted by atomic mass is 9.92. The molecule has 0 saturated heterocycles. The highest BCUT2D eigenvalue weighted by molar-refractivity contribution is 7.94. The molecular weight excluding hydrogens is 472 g/mol. The van der Waals surface area contributed by atoms with Gasteiger partial charge in [0, 0.05) is 46.3 Å². The summed E-state index contributed by atoms with van der Waals surface area (Å²) >= 11 is 0. The topological polar surface area (TPSA) is 113 Å². The van der Waals surface area contributed by atoms with E-state index in [-0.39, 0.29) is 4.91 Å². The van der Waals surface area contributed by atoms with E-state index in [9.17, 15) is 22.0 Å². The fraction of sp³-hybridized carbons (Fsp3) is 0.240. The monoisotopic (exact) mass is 500 g/mol. The average Bonchev–Trinajstić information content (AvgIpc) is 2.76. The molecular formula is C25H28N2O5S2. The molecule has 0 aliphatic carbocycles. The van der Waals surface area contributed by atoms with Crippen LogP contribution < -0.4 is 5.48 Å². The predicted octanol–water partition coefficient (Wildman–Crippen LogP) is 4.45. The Kier molecular flexibility index (Phi) is 7.02. The highest BCUT2D eigenvalue weighted by atomic mass is 32.2. The summed E-state index contributed by atoms with van der Waals surface area (Å²) in [5.74, 6) is 0. The van der Waals surface area contributed by atoms with Crippen molar-refractivity contribution in [2.75, 3.05) is 12.5 Å². The summed E-state index contributed by atoms with van der Waals surface area (Å²) in [5.41, 5.74) is 5.94. The molecule has 2 N–H and O–H groups in total. The number of nitrogens with zero attached hydrogens (tertiary/aromatic N) is 1. The van der Waals surface area contributed by atoms with Crippen molar-refractivity contribution in [1.82, 2.24) is 10.5 Å². The van der Waals surface area contributed by atoms with Gasteiger partial charge in [-0.25, -0.2) is 16.8 Å². The van der Waals surface area contributed by atoms with Gasteiger partial charge >= 0.3 is 0 Å². The van der Waals surface area contributed by atoms with Gasteiger partial charge in [-0.3, -0.25) is 15.7 Å². The van der Waals surface area contributed by atoms with Crippen LogP contribution in [-0.2, 0) is 24.4 Å². The third-order valence-electron chi connectivity index (χ3n) is 6.00. The Morgan fingerprint density at radius 2 is 1.74 bits per heavy atom. The van der Waals surface area contributed by atoms with E-state index < -0.39 is 24.4 Å². The molecule has 1 aromatic heterocycles. The molecule has 1 heterocycles. The zero-order valence-electron chi connectivity index (χ0n) is 19.7. The molecule has 0 unspecified atom stereocenters. The van der Waals surface area contributed by atoms with Crippen molar-refractivity contribution in [3.63, 3.8) is 0 Å². The van der Waals surface area contributed by atoms with Crippen LogP contribution in [0.15, 0.2) is 71.9 Å². The third-order valence-corrected chi connectivity index (χ3v) is 9.37. The number of rotatable bonds is 7. The van der Waals surface area contributed by atoms with E-state index in [2.05, 4.69) is 4.98 Å². The summed E-state index contributed by atoms with van der Waals surface area (Å²) in [5, 5.41) is 10.1. The Morgan fingerprint density at radius 1 is 1.03 bits per heavy atom. The van der Waals surface area contributed by atoms with Gasteiger partial charge in [0.25, 0.3) is 0 Å². The van der Waals surface area contributed by atoms with Crippen LogP contribution in [0.2, 0.25) is 0 Å². The van der Waals surface area contributed by atoms with Gasteiger partial charge in [0.15, 0.2) is 19.7 Å². The molecule has 0 aliphatic heterocycles. The van der Waals surface area contributed by atoms with E-state index in [1.807, 2.05) is 41.9 Å². The highest BCUT2D eigenvalue weighted by Gasteiger charge is 2.33. The summed E-state index contributed by atoms with van der Waals surface area (Å²) in [4.78, 5) is 4.67.